The van der Waals surface area contributed by atoms with E-state index in [1.807, 2.05) is 0 Å². The average molecular weight is 185 g/mol. The number of nitrogens with zero attached hydrogens (tertiary/aromatic N) is 2. The van der Waals surface area contributed by atoms with Crippen molar-refractivity contribution in [2.75, 3.05) is 19.0 Å². The molecule has 1 aliphatic heterocycles. The minimum Gasteiger partial charge on any atom is -0.380 e. The van der Waals surface area contributed by atoms with Crippen molar-refractivity contribution in [2.24, 2.45) is 5.41 Å². The molecular formula is C7H11N3OS. The molecule has 66 valence electrons. The monoisotopic (exact) mass is 185 g/mol. The summed E-state index contributed by atoms with van der Waals surface area (Å²) in [6, 6.07) is 0. The van der Waals surface area contributed by atoms with Crippen molar-refractivity contribution in [1.82, 2.24) is 15.4 Å². The van der Waals surface area contributed by atoms with Gasteiger partial charge in [-0.05, 0) is 0 Å². The molecule has 1 aromatic heterocycles. The van der Waals surface area contributed by atoms with Gasteiger partial charge in [0.05, 0.1) is 19.4 Å². The van der Waals surface area contributed by atoms with Crippen molar-refractivity contribution >= 4 is 11.8 Å². The van der Waals surface area contributed by atoms with Crippen LogP contribution in [0.3, 0.4) is 0 Å². The van der Waals surface area contributed by atoms with Crippen molar-refractivity contribution in [3.8, 4) is 0 Å². The molecule has 0 bridgehead atoms. The van der Waals surface area contributed by atoms with E-state index in [9.17, 15) is 0 Å². The lowest BCUT2D eigenvalue weighted by atomic mass is 9.92. The Morgan fingerprint density at radius 1 is 1.75 bits per heavy atom. The summed E-state index contributed by atoms with van der Waals surface area (Å²) in [6.45, 7) is 3.97. The number of hydrogen-bond donors (Lipinski definition) is 1. The van der Waals surface area contributed by atoms with Crippen molar-refractivity contribution < 1.29 is 4.74 Å². The highest BCUT2D eigenvalue weighted by Gasteiger charge is 2.33. The van der Waals surface area contributed by atoms with Crippen LogP contribution in [0, 0.1) is 5.41 Å². The van der Waals surface area contributed by atoms with Gasteiger partial charge in [0, 0.05) is 11.2 Å². The predicted molar refractivity (Wildman–Crippen MR) is 46.0 cm³/mol. The number of thioether (sulfide) groups is 1. The van der Waals surface area contributed by atoms with Gasteiger partial charge in [0.25, 0.3) is 0 Å². The molecule has 0 aliphatic carbocycles. The molecular weight excluding hydrogens is 174 g/mol. The van der Waals surface area contributed by atoms with Crippen molar-refractivity contribution in [1.29, 1.82) is 0 Å². The van der Waals surface area contributed by atoms with Crippen molar-refractivity contribution in [3.63, 3.8) is 0 Å². The van der Waals surface area contributed by atoms with E-state index in [1.165, 1.54) is 0 Å². The van der Waals surface area contributed by atoms with Crippen LogP contribution >= 0.6 is 11.8 Å². The van der Waals surface area contributed by atoms with Gasteiger partial charge < -0.3 is 4.74 Å². The van der Waals surface area contributed by atoms with Gasteiger partial charge in [0.1, 0.15) is 5.03 Å². The molecule has 0 radical (unpaired) electrons. The Bertz CT molecular complexity index is 245. The molecule has 0 spiro atoms. The zero-order chi connectivity index (χ0) is 8.44. The van der Waals surface area contributed by atoms with Gasteiger partial charge in [-0.15, -0.1) is 16.9 Å². The maximum atomic E-state index is 5.15. The lowest BCUT2D eigenvalue weighted by molar-refractivity contribution is -0.0861. The lowest BCUT2D eigenvalue weighted by Crippen LogP contribution is -2.41. The van der Waals surface area contributed by atoms with Crippen LogP contribution in [0.25, 0.3) is 0 Å². The quantitative estimate of drug-likeness (QED) is 0.712. The Morgan fingerprint density at radius 3 is 3.08 bits per heavy atom. The first-order chi connectivity index (χ1) is 5.79. The summed E-state index contributed by atoms with van der Waals surface area (Å²) in [5.41, 5.74) is 0.351. The fourth-order valence-corrected chi connectivity index (χ4v) is 1.94. The standard InChI is InChI=1S/C7H11N3OS/c1-7(3-11-4-7)5-12-6-2-8-10-9-6/h2H,3-5H2,1H3,(H,8,9,10). The first-order valence-electron chi connectivity index (χ1n) is 3.85. The highest BCUT2D eigenvalue weighted by molar-refractivity contribution is 7.99. The second kappa shape index (κ2) is 3.06. The van der Waals surface area contributed by atoms with Gasteiger partial charge in [-0.25, -0.2) is 0 Å². The predicted octanol–water partition coefficient (Wildman–Crippen LogP) is 0.933. The highest BCUT2D eigenvalue weighted by atomic mass is 32.2. The van der Waals surface area contributed by atoms with Crippen LogP contribution in [0.5, 0.6) is 0 Å². The molecule has 1 aliphatic rings. The topological polar surface area (TPSA) is 50.8 Å². The molecule has 1 N–H and O–H groups in total. The summed E-state index contributed by atoms with van der Waals surface area (Å²) in [7, 11) is 0. The number of hydrogen-bond acceptors (Lipinski definition) is 4. The van der Waals surface area contributed by atoms with Gasteiger partial charge >= 0.3 is 0 Å². The minimum absolute atomic E-state index is 0.351. The van der Waals surface area contributed by atoms with Crippen LogP contribution in [0.2, 0.25) is 0 Å². The molecule has 0 atom stereocenters. The molecule has 2 rings (SSSR count). The van der Waals surface area contributed by atoms with Gasteiger partial charge in [-0.2, -0.15) is 10.3 Å². The summed E-state index contributed by atoms with van der Waals surface area (Å²) in [5.74, 6) is 1.06. The zero-order valence-corrected chi connectivity index (χ0v) is 7.73. The first-order valence-corrected chi connectivity index (χ1v) is 4.83. The number of H-pyrrole nitrogens is 1. The van der Waals surface area contributed by atoms with E-state index in [0.29, 0.717) is 5.41 Å². The van der Waals surface area contributed by atoms with Crippen LogP contribution in [0.1, 0.15) is 6.92 Å². The maximum Gasteiger partial charge on any atom is 0.138 e. The molecule has 4 nitrogen and oxygen atoms in total. The molecule has 0 aromatic carbocycles. The third kappa shape index (κ3) is 1.61. The number of ether oxygens (including phenoxy) is 1. The van der Waals surface area contributed by atoms with E-state index in [-0.39, 0.29) is 0 Å². The third-order valence-corrected chi connectivity index (χ3v) is 3.20. The van der Waals surface area contributed by atoms with E-state index >= 15 is 0 Å². The number of aromatic nitrogens is 3. The molecule has 0 saturated carbocycles. The Morgan fingerprint density at radius 2 is 2.58 bits per heavy atom. The Balaban J connectivity index is 1.82. The minimum atomic E-state index is 0.351. The third-order valence-electron chi connectivity index (χ3n) is 1.86. The lowest BCUT2D eigenvalue weighted by Gasteiger charge is -2.37. The van der Waals surface area contributed by atoms with E-state index < -0.39 is 0 Å². The van der Waals surface area contributed by atoms with E-state index in [4.69, 9.17) is 4.74 Å². The molecule has 12 heavy (non-hydrogen) atoms. The smallest absolute Gasteiger partial charge is 0.138 e. The number of nitrogens with one attached hydrogen (secondary N) is 1. The van der Waals surface area contributed by atoms with Crippen LogP contribution in [-0.4, -0.2) is 34.4 Å². The highest BCUT2D eigenvalue weighted by Crippen LogP contribution is 2.32. The molecule has 1 fully saturated rings. The Labute approximate surface area is 75.1 Å². The number of rotatable bonds is 3. The summed E-state index contributed by atoms with van der Waals surface area (Å²) in [6.07, 6.45) is 1.74. The zero-order valence-electron chi connectivity index (χ0n) is 6.91. The van der Waals surface area contributed by atoms with Crippen LogP contribution < -0.4 is 0 Å². The molecule has 1 aromatic rings. The molecule has 0 amide bonds. The Hall–Kier alpha value is -0.550. The van der Waals surface area contributed by atoms with E-state index in [0.717, 1.165) is 24.0 Å². The largest absolute Gasteiger partial charge is 0.380 e. The summed E-state index contributed by atoms with van der Waals surface area (Å²) < 4.78 is 5.15. The van der Waals surface area contributed by atoms with E-state index in [2.05, 4.69) is 22.3 Å². The van der Waals surface area contributed by atoms with Gasteiger partial charge in [-0.1, -0.05) is 6.92 Å². The second-order valence-electron chi connectivity index (χ2n) is 3.40. The molecule has 2 heterocycles. The van der Waals surface area contributed by atoms with Crippen LogP contribution in [0.15, 0.2) is 11.2 Å². The number of aromatic amines is 1. The van der Waals surface area contributed by atoms with Crippen LogP contribution in [0.4, 0.5) is 0 Å². The molecule has 0 unspecified atom stereocenters. The first kappa shape index (κ1) is 8.07. The SMILES string of the molecule is CC1(CSc2cn[nH]n2)COC1. The van der Waals surface area contributed by atoms with Gasteiger partial charge in [-0.3, -0.25) is 0 Å². The summed E-state index contributed by atoms with van der Waals surface area (Å²) in [4.78, 5) is 0. The second-order valence-corrected chi connectivity index (χ2v) is 4.40. The van der Waals surface area contributed by atoms with Crippen molar-refractivity contribution in [2.45, 2.75) is 11.9 Å². The Kier molecular flexibility index (Phi) is 2.06. The fraction of sp³-hybridized carbons (Fsp3) is 0.714. The van der Waals surface area contributed by atoms with E-state index in [1.54, 1.807) is 18.0 Å². The van der Waals surface area contributed by atoms with Gasteiger partial charge in [0.2, 0.25) is 0 Å². The maximum absolute atomic E-state index is 5.15. The molecule has 1 saturated heterocycles. The fourth-order valence-electron chi connectivity index (χ4n) is 1.04. The van der Waals surface area contributed by atoms with Crippen molar-refractivity contribution in [3.05, 3.63) is 6.20 Å². The average Bonchev–Trinajstić information content (AvgIpc) is 2.49. The summed E-state index contributed by atoms with van der Waals surface area (Å²) >= 11 is 1.72. The van der Waals surface area contributed by atoms with Gasteiger partial charge in [0.15, 0.2) is 0 Å². The summed E-state index contributed by atoms with van der Waals surface area (Å²) in [5, 5.41) is 11.3. The van der Waals surface area contributed by atoms with Crippen LogP contribution in [-0.2, 0) is 4.74 Å². The normalized spacial score (nSPS) is 20.4. The molecule has 5 heteroatoms.